The van der Waals surface area contributed by atoms with E-state index in [0.717, 1.165) is 47.5 Å². The van der Waals surface area contributed by atoms with Gasteiger partial charge in [-0.15, -0.1) is 0 Å². The van der Waals surface area contributed by atoms with Gasteiger partial charge in [0, 0.05) is 5.56 Å². The molecule has 4 rings (SSSR count). The molecule has 0 saturated heterocycles. The van der Waals surface area contributed by atoms with E-state index in [1.807, 2.05) is 20.8 Å². The first-order chi connectivity index (χ1) is 14.7. The number of carbonyl (C=O) groups excluding carboxylic acids is 1. The number of aryl methyl sites for hydroxylation is 2. The zero-order valence-electron chi connectivity index (χ0n) is 19.6. The molecule has 0 bridgehead atoms. The summed E-state index contributed by atoms with van der Waals surface area (Å²) in [5, 5.41) is 0. The van der Waals surface area contributed by atoms with Crippen LogP contribution in [0, 0.1) is 12.8 Å². The van der Waals surface area contributed by atoms with Gasteiger partial charge in [-0.25, -0.2) is 4.79 Å². The Morgan fingerprint density at radius 1 is 1.19 bits per heavy atom. The molecule has 1 saturated carbocycles. The third-order valence-electron chi connectivity index (χ3n) is 6.35. The predicted molar refractivity (Wildman–Crippen MR) is 123 cm³/mol. The molecule has 3 atom stereocenters. The quantitative estimate of drug-likeness (QED) is 0.543. The molecule has 2 unspecified atom stereocenters. The summed E-state index contributed by atoms with van der Waals surface area (Å²) in [4.78, 5) is 13.0. The van der Waals surface area contributed by atoms with Gasteiger partial charge in [-0.05, 0) is 98.7 Å². The Balaban J connectivity index is 1.93. The Kier molecular flexibility index (Phi) is 5.87. The van der Waals surface area contributed by atoms with E-state index in [-0.39, 0.29) is 5.97 Å². The van der Waals surface area contributed by atoms with E-state index in [1.165, 1.54) is 24.7 Å². The first-order valence-corrected chi connectivity index (χ1v) is 11.3. The Hall–Kier alpha value is -2.33. The summed E-state index contributed by atoms with van der Waals surface area (Å²) in [6, 6.07) is 10.8. The lowest BCUT2D eigenvalue weighted by atomic mass is 9.85. The number of methoxy groups -OCH3 is 1. The van der Waals surface area contributed by atoms with Crippen LogP contribution in [-0.2, 0) is 20.7 Å². The highest BCUT2D eigenvalue weighted by Gasteiger charge is 2.39. The summed E-state index contributed by atoms with van der Waals surface area (Å²) in [7, 11) is 1.43. The van der Waals surface area contributed by atoms with Gasteiger partial charge < -0.3 is 14.2 Å². The van der Waals surface area contributed by atoms with Gasteiger partial charge in [0.05, 0.1) is 19.3 Å². The zero-order valence-corrected chi connectivity index (χ0v) is 19.6. The number of benzene rings is 2. The number of esters is 1. The first-order valence-electron chi connectivity index (χ1n) is 11.3. The van der Waals surface area contributed by atoms with Crippen LogP contribution >= 0.6 is 0 Å². The van der Waals surface area contributed by atoms with Crippen molar-refractivity contribution >= 4 is 5.97 Å². The van der Waals surface area contributed by atoms with E-state index in [4.69, 9.17) is 14.2 Å². The van der Waals surface area contributed by atoms with Crippen LogP contribution in [0.25, 0.3) is 11.1 Å². The summed E-state index contributed by atoms with van der Waals surface area (Å²) in [6.45, 7) is 11.0. The van der Waals surface area contributed by atoms with Crippen molar-refractivity contribution in [2.45, 2.75) is 71.5 Å². The molecule has 2 aromatic rings. The molecule has 0 N–H and O–H groups in total. The lowest BCUT2D eigenvalue weighted by molar-refractivity contribution is -0.164. The van der Waals surface area contributed by atoms with Crippen LogP contribution in [0.4, 0.5) is 0 Å². The predicted octanol–water partition coefficient (Wildman–Crippen LogP) is 6.14. The zero-order chi connectivity index (χ0) is 22.3. The molecule has 4 heteroatoms. The molecule has 2 aromatic carbocycles. The van der Waals surface area contributed by atoms with Crippen molar-refractivity contribution in [1.82, 2.24) is 0 Å². The van der Waals surface area contributed by atoms with Gasteiger partial charge in [-0.1, -0.05) is 25.1 Å². The van der Waals surface area contributed by atoms with Gasteiger partial charge in [0.25, 0.3) is 0 Å². The number of carbonyl (C=O) groups is 1. The monoisotopic (exact) mass is 422 g/mol. The van der Waals surface area contributed by atoms with Crippen LogP contribution in [0.5, 0.6) is 5.75 Å². The number of hydrogen-bond acceptors (Lipinski definition) is 4. The maximum Gasteiger partial charge on any atom is 0.339 e. The Morgan fingerprint density at radius 2 is 1.94 bits per heavy atom. The second-order valence-corrected chi connectivity index (χ2v) is 9.99. The Morgan fingerprint density at radius 3 is 2.58 bits per heavy atom. The molecule has 0 aromatic heterocycles. The second kappa shape index (κ2) is 8.31. The fourth-order valence-corrected chi connectivity index (χ4v) is 4.67. The summed E-state index contributed by atoms with van der Waals surface area (Å²) in [5.74, 6) is 1.77. The minimum Gasteiger partial charge on any atom is -0.493 e. The van der Waals surface area contributed by atoms with Gasteiger partial charge in [0.1, 0.15) is 5.75 Å². The largest absolute Gasteiger partial charge is 0.493 e. The lowest BCUT2D eigenvalue weighted by Gasteiger charge is -2.30. The van der Waals surface area contributed by atoms with Gasteiger partial charge in [0.2, 0.25) is 0 Å². The summed E-state index contributed by atoms with van der Waals surface area (Å²) >= 11 is 0. The number of ether oxygens (including phenoxy) is 3. The summed E-state index contributed by atoms with van der Waals surface area (Å²) in [5.41, 5.74) is 6.27. The average molecular weight is 423 g/mol. The van der Waals surface area contributed by atoms with E-state index >= 15 is 0 Å². The van der Waals surface area contributed by atoms with Crippen molar-refractivity contribution < 1.29 is 19.0 Å². The SMILES string of the molecule is COC(=O)C(OC(C)(C)C)c1c(C)ccc(C2C[C@@H]2C)c1-c1ccc2c(c1)CCCO2. The van der Waals surface area contributed by atoms with Crippen LogP contribution in [-0.4, -0.2) is 25.3 Å². The molecular formula is C27H34O4. The van der Waals surface area contributed by atoms with E-state index in [1.54, 1.807) is 0 Å². The molecule has 1 fully saturated rings. The number of hydrogen-bond donors (Lipinski definition) is 0. The van der Waals surface area contributed by atoms with Gasteiger partial charge in [-0.2, -0.15) is 0 Å². The van der Waals surface area contributed by atoms with Crippen LogP contribution in [0.2, 0.25) is 0 Å². The number of fused-ring (bicyclic) bond motifs is 1. The molecule has 1 aliphatic carbocycles. The van der Waals surface area contributed by atoms with Crippen molar-refractivity contribution in [1.29, 1.82) is 0 Å². The molecule has 4 nitrogen and oxygen atoms in total. The third-order valence-corrected chi connectivity index (χ3v) is 6.35. The topological polar surface area (TPSA) is 44.8 Å². The van der Waals surface area contributed by atoms with E-state index in [2.05, 4.69) is 44.2 Å². The minimum absolute atomic E-state index is 0.360. The van der Waals surface area contributed by atoms with Crippen molar-refractivity contribution in [3.05, 3.63) is 52.6 Å². The highest BCUT2D eigenvalue weighted by molar-refractivity contribution is 5.84. The van der Waals surface area contributed by atoms with Gasteiger partial charge in [0.15, 0.2) is 6.10 Å². The van der Waals surface area contributed by atoms with Crippen LogP contribution in [0.15, 0.2) is 30.3 Å². The fourth-order valence-electron chi connectivity index (χ4n) is 4.67. The molecule has 1 aliphatic heterocycles. The number of rotatable bonds is 5. The third kappa shape index (κ3) is 4.50. The van der Waals surface area contributed by atoms with Gasteiger partial charge in [-0.3, -0.25) is 0 Å². The van der Waals surface area contributed by atoms with E-state index < -0.39 is 11.7 Å². The molecule has 166 valence electrons. The molecule has 2 aliphatic rings. The molecule has 0 spiro atoms. The second-order valence-electron chi connectivity index (χ2n) is 9.99. The molecule has 0 amide bonds. The molecule has 0 radical (unpaired) electrons. The minimum atomic E-state index is -0.777. The Bertz CT molecular complexity index is 985. The highest BCUT2D eigenvalue weighted by atomic mass is 16.6. The molecule has 1 heterocycles. The summed E-state index contributed by atoms with van der Waals surface area (Å²) in [6.07, 6.45) is 2.44. The van der Waals surface area contributed by atoms with Crippen molar-refractivity contribution in [2.24, 2.45) is 5.92 Å². The van der Waals surface area contributed by atoms with Crippen LogP contribution in [0.3, 0.4) is 0 Å². The van der Waals surface area contributed by atoms with Crippen molar-refractivity contribution in [2.75, 3.05) is 13.7 Å². The highest BCUT2D eigenvalue weighted by Crippen LogP contribution is 2.52. The molecule has 31 heavy (non-hydrogen) atoms. The smallest absolute Gasteiger partial charge is 0.339 e. The Labute approximate surface area is 185 Å². The molecular weight excluding hydrogens is 388 g/mol. The van der Waals surface area contributed by atoms with Gasteiger partial charge >= 0.3 is 5.97 Å². The van der Waals surface area contributed by atoms with Crippen LogP contribution in [0.1, 0.15) is 74.8 Å². The average Bonchev–Trinajstić information content (AvgIpc) is 3.46. The first kappa shape index (κ1) is 21.9. The van der Waals surface area contributed by atoms with Crippen LogP contribution < -0.4 is 4.74 Å². The van der Waals surface area contributed by atoms with E-state index in [9.17, 15) is 4.79 Å². The van der Waals surface area contributed by atoms with Crippen molar-refractivity contribution in [3.8, 4) is 16.9 Å². The lowest BCUT2D eigenvalue weighted by Crippen LogP contribution is -2.29. The summed E-state index contributed by atoms with van der Waals surface area (Å²) < 4.78 is 17.4. The fraction of sp³-hybridized carbons (Fsp3) is 0.519. The maximum absolute atomic E-state index is 13.0. The van der Waals surface area contributed by atoms with Crippen molar-refractivity contribution in [3.63, 3.8) is 0 Å². The normalized spacial score (nSPS) is 21.1. The standard InChI is InChI=1S/C27H34O4/c1-16-9-11-20(21-14-17(21)2)24(19-10-12-22-18(15-19)8-7-13-30-22)23(16)25(26(28)29-6)31-27(3,4)5/h9-12,15,17,21,25H,7-8,13-14H2,1-6H3/t17-,21?,25?/m0/s1. The maximum atomic E-state index is 13.0. The van der Waals surface area contributed by atoms with E-state index in [0.29, 0.717) is 11.8 Å².